The van der Waals surface area contributed by atoms with Crippen LogP contribution < -0.4 is 0 Å². The molecule has 2 heterocycles. The number of imidazole rings is 1. The summed E-state index contributed by atoms with van der Waals surface area (Å²) in [5, 5.41) is 11.8. The van der Waals surface area contributed by atoms with Crippen molar-refractivity contribution in [1.82, 2.24) is 9.55 Å². The van der Waals surface area contributed by atoms with Crippen LogP contribution in [0.4, 0.5) is 5.95 Å². The number of para-hydroxylation sites is 2. The maximum Gasteiger partial charge on any atom is 0.230 e. The lowest BCUT2D eigenvalue weighted by atomic mass is 9.94. The van der Waals surface area contributed by atoms with E-state index >= 15 is 0 Å². The molecule has 0 fully saturated rings. The lowest BCUT2D eigenvalue weighted by Gasteiger charge is -2.10. The van der Waals surface area contributed by atoms with Crippen molar-refractivity contribution in [3.05, 3.63) is 51.7 Å². The van der Waals surface area contributed by atoms with Gasteiger partial charge < -0.3 is 14.1 Å². The summed E-state index contributed by atoms with van der Waals surface area (Å²) in [7, 11) is 0. The van der Waals surface area contributed by atoms with Crippen molar-refractivity contribution in [1.29, 1.82) is 0 Å². The fraction of sp³-hybridized carbons (Fsp3) is 0.360. The van der Waals surface area contributed by atoms with Crippen molar-refractivity contribution < 1.29 is 9.52 Å². The molecular weight excluding hydrogens is 454 g/mol. The van der Waals surface area contributed by atoms with Crippen LogP contribution in [0.2, 0.25) is 0 Å². The van der Waals surface area contributed by atoms with Gasteiger partial charge in [0, 0.05) is 35.7 Å². The number of aromatic nitrogens is 2. The Labute approximate surface area is 189 Å². The third-order valence-electron chi connectivity index (χ3n) is 6.14. The predicted molar refractivity (Wildman–Crippen MR) is 129 cm³/mol. The van der Waals surface area contributed by atoms with E-state index in [-0.39, 0.29) is 5.75 Å². The summed E-state index contributed by atoms with van der Waals surface area (Å²) in [6.07, 6.45) is 9.38. The van der Waals surface area contributed by atoms with Crippen molar-refractivity contribution >= 4 is 50.1 Å². The molecule has 6 heteroatoms. The van der Waals surface area contributed by atoms with E-state index in [1.807, 2.05) is 24.3 Å². The Morgan fingerprint density at radius 1 is 1.23 bits per heavy atom. The molecule has 0 atom stereocenters. The Morgan fingerprint density at radius 3 is 2.94 bits per heavy atom. The van der Waals surface area contributed by atoms with Crippen LogP contribution in [-0.4, -0.2) is 20.9 Å². The molecule has 0 bridgehead atoms. The quantitative estimate of drug-likeness (QED) is 0.237. The lowest BCUT2D eigenvalue weighted by molar-refractivity contribution is 0.471. The number of hydrogen-bond donors (Lipinski definition) is 1. The molecular formula is C25H26BrN3O2. The minimum absolute atomic E-state index is 0.194. The van der Waals surface area contributed by atoms with Crippen molar-refractivity contribution in [2.45, 2.75) is 58.4 Å². The number of hydrogen-bond acceptors (Lipinski definition) is 4. The first-order chi connectivity index (χ1) is 15.2. The number of rotatable bonds is 6. The number of aliphatic imine (C=N–C) groups is 1. The first-order valence-electron chi connectivity index (χ1n) is 11.1. The molecule has 0 saturated carbocycles. The molecule has 5 nitrogen and oxygen atoms in total. The minimum Gasteiger partial charge on any atom is -0.506 e. The van der Waals surface area contributed by atoms with Gasteiger partial charge in [-0.1, -0.05) is 31.9 Å². The molecule has 31 heavy (non-hydrogen) atoms. The molecule has 5 rings (SSSR count). The van der Waals surface area contributed by atoms with E-state index in [9.17, 15) is 5.11 Å². The van der Waals surface area contributed by atoms with Gasteiger partial charge in [-0.3, -0.25) is 0 Å². The van der Waals surface area contributed by atoms with Gasteiger partial charge in [-0.05, 0) is 59.8 Å². The number of furan rings is 1. The molecule has 160 valence electrons. The van der Waals surface area contributed by atoms with Crippen LogP contribution in [0.3, 0.4) is 0 Å². The van der Waals surface area contributed by atoms with E-state index in [0.717, 1.165) is 66.4 Å². The summed E-state index contributed by atoms with van der Waals surface area (Å²) in [6, 6.07) is 10.0. The smallest absolute Gasteiger partial charge is 0.230 e. The summed E-state index contributed by atoms with van der Waals surface area (Å²) in [5.74, 6) is 1.90. The molecule has 1 aliphatic carbocycles. The van der Waals surface area contributed by atoms with Crippen LogP contribution in [-0.2, 0) is 19.4 Å². The molecule has 0 unspecified atom stereocenters. The molecule has 0 amide bonds. The Balaban J connectivity index is 1.62. The zero-order valence-electron chi connectivity index (χ0n) is 17.7. The number of benzene rings is 2. The predicted octanol–water partition coefficient (Wildman–Crippen LogP) is 7.07. The van der Waals surface area contributed by atoms with E-state index in [1.54, 1.807) is 6.21 Å². The summed E-state index contributed by atoms with van der Waals surface area (Å²) in [6.45, 7) is 3.08. The SMILES string of the molecule is CCCCCn1c(/N=C/c2c(O)c(Br)cc3oc4c(c23)CCCC4)nc2ccccc21. The summed E-state index contributed by atoms with van der Waals surface area (Å²) in [5.41, 5.74) is 4.74. The van der Waals surface area contributed by atoms with Gasteiger partial charge in [-0.25, -0.2) is 9.98 Å². The second kappa shape index (κ2) is 8.50. The average Bonchev–Trinajstić information content (AvgIpc) is 3.32. The average molecular weight is 480 g/mol. The monoisotopic (exact) mass is 479 g/mol. The number of nitrogens with zero attached hydrogens (tertiary/aromatic N) is 3. The number of phenolic OH excluding ortho intramolecular Hbond substituents is 1. The van der Waals surface area contributed by atoms with E-state index in [0.29, 0.717) is 16.0 Å². The fourth-order valence-electron chi connectivity index (χ4n) is 4.56. The summed E-state index contributed by atoms with van der Waals surface area (Å²) < 4.78 is 8.93. The van der Waals surface area contributed by atoms with Gasteiger partial charge in [0.25, 0.3) is 0 Å². The van der Waals surface area contributed by atoms with Gasteiger partial charge in [-0.2, -0.15) is 0 Å². The highest BCUT2D eigenvalue weighted by Crippen LogP contribution is 2.40. The van der Waals surface area contributed by atoms with Crippen LogP contribution in [0.5, 0.6) is 5.75 Å². The molecule has 0 aliphatic heterocycles. The largest absolute Gasteiger partial charge is 0.506 e. The molecule has 2 aromatic carbocycles. The zero-order chi connectivity index (χ0) is 21.4. The molecule has 1 N–H and O–H groups in total. The summed E-state index contributed by atoms with van der Waals surface area (Å²) >= 11 is 3.48. The van der Waals surface area contributed by atoms with Gasteiger partial charge >= 0.3 is 0 Å². The normalized spacial score (nSPS) is 14.1. The highest BCUT2D eigenvalue weighted by molar-refractivity contribution is 9.10. The van der Waals surface area contributed by atoms with Gasteiger partial charge in [0.2, 0.25) is 5.95 Å². The minimum atomic E-state index is 0.194. The summed E-state index contributed by atoms with van der Waals surface area (Å²) in [4.78, 5) is 9.54. The van der Waals surface area contributed by atoms with E-state index in [4.69, 9.17) is 14.4 Å². The molecule has 0 spiro atoms. The van der Waals surface area contributed by atoms with Crippen LogP contribution in [0.25, 0.3) is 22.0 Å². The maximum absolute atomic E-state index is 10.9. The van der Waals surface area contributed by atoms with Gasteiger partial charge in [0.15, 0.2) is 0 Å². The van der Waals surface area contributed by atoms with Crippen molar-refractivity contribution in [2.24, 2.45) is 4.99 Å². The Morgan fingerprint density at radius 2 is 2.06 bits per heavy atom. The van der Waals surface area contributed by atoms with Crippen LogP contribution >= 0.6 is 15.9 Å². The first-order valence-corrected chi connectivity index (χ1v) is 11.9. The molecule has 2 aromatic heterocycles. The van der Waals surface area contributed by atoms with E-state index in [1.165, 1.54) is 18.4 Å². The van der Waals surface area contributed by atoms with Gasteiger partial charge in [0.05, 0.1) is 15.5 Å². The Hall–Kier alpha value is -2.60. The van der Waals surface area contributed by atoms with Crippen LogP contribution in [0.15, 0.2) is 44.2 Å². The number of aromatic hydroxyl groups is 1. The Kier molecular flexibility index (Phi) is 5.57. The second-order valence-electron chi connectivity index (χ2n) is 8.22. The highest BCUT2D eigenvalue weighted by atomic mass is 79.9. The van der Waals surface area contributed by atoms with E-state index < -0.39 is 0 Å². The second-order valence-corrected chi connectivity index (χ2v) is 9.08. The number of unbranched alkanes of at least 4 members (excludes halogenated alkanes) is 2. The Bertz CT molecular complexity index is 1290. The van der Waals surface area contributed by atoms with Crippen molar-refractivity contribution in [3.8, 4) is 5.75 Å². The van der Waals surface area contributed by atoms with E-state index in [2.05, 4.69) is 33.5 Å². The zero-order valence-corrected chi connectivity index (χ0v) is 19.3. The molecule has 1 aliphatic rings. The third kappa shape index (κ3) is 3.67. The van der Waals surface area contributed by atoms with Crippen LogP contribution in [0, 0.1) is 0 Å². The maximum atomic E-state index is 10.9. The number of fused-ring (bicyclic) bond motifs is 4. The standard InChI is InChI=1S/C25H26BrN3O2/c1-2-3-8-13-29-20-11-6-5-10-19(20)28-25(29)27-15-17-23-16-9-4-7-12-21(16)31-22(23)14-18(26)24(17)30/h5-6,10-11,14-15,30H,2-4,7-9,12-13H2,1H3/b27-15+. The number of phenols is 1. The highest BCUT2D eigenvalue weighted by Gasteiger charge is 2.23. The van der Waals surface area contributed by atoms with Crippen molar-refractivity contribution in [2.75, 3.05) is 0 Å². The van der Waals surface area contributed by atoms with Crippen LogP contribution in [0.1, 0.15) is 55.9 Å². The van der Waals surface area contributed by atoms with Crippen molar-refractivity contribution in [3.63, 3.8) is 0 Å². The molecule has 4 aromatic rings. The fourth-order valence-corrected chi connectivity index (χ4v) is 4.99. The number of halogens is 1. The topological polar surface area (TPSA) is 63.5 Å². The first kappa shape index (κ1) is 20.3. The van der Waals surface area contributed by atoms with Gasteiger partial charge in [0.1, 0.15) is 17.1 Å². The number of aryl methyl sites for hydroxylation is 3. The molecule has 0 radical (unpaired) electrons. The van der Waals surface area contributed by atoms with Gasteiger partial charge in [-0.15, -0.1) is 0 Å². The molecule has 0 saturated heterocycles. The lowest BCUT2D eigenvalue weighted by Crippen LogP contribution is -2.00. The third-order valence-corrected chi connectivity index (χ3v) is 6.74.